The van der Waals surface area contributed by atoms with Crippen LogP contribution in [-0.2, 0) is 15.5 Å². The van der Waals surface area contributed by atoms with Crippen molar-refractivity contribution >= 4 is 28.3 Å². The van der Waals surface area contributed by atoms with Gasteiger partial charge in [-0.25, -0.2) is 9.18 Å². The van der Waals surface area contributed by atoms with E-state index in [1.54, 1.807) is 12.1 Å². The Kier molecular flexibility index (Phi) is 4.30. The fourth-order valence-corrected chi connectivity index (χ4v) is 3.68. The van der Waals surface area contributed by atoms with E-state index in [9.17, 15) is 13.4 Å². The number of nitrogens with zero attached hydrogens (tertiary/aromatic N) is 2. The molecule has 22 heavy (non-hydrogen) atoms. The maximum absolute atomic E-state index is 14.3. The van der Waals surface area contributed by atoms with E-state index in [-0.39, 0.29) is 13.2 Å². The molecule has 2 aliphatic rings. The fourth-order valence-electron chi connectivity index (χ4n) is 2.63. The number of halogens is 1. The number of carbonyl (C=O) groups is 1. The minimum absolute atomic E-state index is 0.205. The normalized spacial score (nSPS) is 23.0. The lowest BCUT2D eigenvalue weighted by Gasteiger charge is -2.29. The van der Waals surface area contributed by atoms with Gasteiger partial charge in [-0.1, -0.05) is 0 Å². The van der Waals surface area contributed by atoms with Crippen molar-refractivity contribution in [2.24, 2.45) is 0 Å². The molecule has 8 heteroatoms. The number of carbonyl (C=O) groups excluding carboxylic acids is 1. The van der Waals surface area contributed by atoms with Gasteiger partial charge in [0.2, 0.25) is 0 Å². The molecule has 2 heterocycles. The standard InChI is InChI=1S/C14H17FN2O4S/c15-12-7-10(17-8-11(9-18)21-14(17)19)1-2-13(12)16-3-5-22(20)6-4-16/h1-2,7,11,18H,3-6,8-9H2/t11-/m1/s1. The molecule has 0 aliphatic carbocycles. The number of rotatable bonds is 3. The zero-order valence-corrected chi connectivity index (χ0v) is 12.7. The lowest BCUT2D eigenvalue weighted by atomic mass is 10.2. The third kappa shape index (κ3) is 2.93. The molecule has 1 aromatic rings. The molecule has 2 saturated heterocycles. The van der Waals surface area contributed by atoms with Crippen LogP contribution in [0.5, 0.6) is 0 Å². The molecule has 0 radical (unpaired) electrons. The minimum atomic E-state index is -0.815. The highest BCUT2D eigenvalue weighted by molar-refractivity contribution is 7.85. The van der Waals surface area contributed by atoms with E-state index in [4.69, 9.17) is 9.84 Å². The average molecular weight is 328 g/mol. The molecule has 2 fully saturated rings. The van der Waals surface area contributed by atoms with Crippen LogP contribution >= 0.6 is 0 Å². The first kappa shape index (κ1) is 15.2. The molecule has 1 amide bonds. The molecule has 120 valence electrons. The van der Waals surface area contributed by atoms with E-state index in [0.29, 0.717) is 36.0 Å². The number of hydrogen-bond donors (Lipinski definition) is 1. The van der Waals surface area contributed by atoms with Gasteiger partial charge in [-0.3, -0.25) is 9.11 Å². The number of aliphatic hydroxyl groups is 1. The molecule has 3 rings (SSSR count). The molecule has 1 atom stereocenters. The first-order chi connectivity index (χ1) is 10.6. The van der Waals surface area contributed by atoms with Gasteiger partial charge in [0.1, 0.15) is 11.9 Å². The second-order valence-corrected chi connectivity index (χ2v) is 6.97. The second kappa shape index (κ2) is 6.21. The third-order valence-corrected chi connectivity index (χ3v) is 5.11. The van der Waals surface area contributed by atoms with Crippen LogP contribution in [0.1, 0.15) is 0 Å². The quantitative estimate of drug-likeness (QED) is 0.885. The van der Waals surface area contributed by atoms with E-state index in [1.807, 2.05) is 4.90 Å². The molecular formula is C14H17FN2O4S. The minimum Gasteiger partial charge on any atom is -0.441 e. The Morgan fingerprint density at radius 3 is 2.68 bits per heavy atom. The average Bonchev–Trinajstić information content (AvgIpc) is 2.89. The predicted molar refractivity (Wildman–Crippen MR) is 81.2 cm³/mol. The molecule has 0 unspecified atom stereocenters. The van der Waals surface area contributed by atoms with Crippen LogP contribution in [0.15, 0.2) is 18.2 Å². The van der Waals surface area contributed by atoms with Crippen LogP contribution in [0.2, 0.25) is 0 Å². The molecule has 2 aliphatic heterocycles. The number of hydrogen-bond acceptors (Lipinski definition) is 5. The zero-order chi connectivity index (χ0) is 15.7. The van der Waals surface area contributed by atoms with Gasteiger partial charge < -0.3 is 14.7 Å². The van der Waals surface area contributed by atoms with Gasteiger partial charge in [-0.15, -0.1) is 0 Å². The molecule has 0 spiro atoms. The van der Waals surface area contributed by atoms with Crippen molar-refractivity contribution in [1.82, 2.24) is 0 Å². The Labute approximate surface area is 129 Å². The number of amides is 1. The van der Waals surface area contributed by atoms with E-state index in [0.717, 1.165) is 0 Å². The molecular weight excluding hydrogens is 311 g/mol. The third-order valence-electron chi connectivity index (χ3n) is 3.84. The summed E-state index contributed by atoms with van der Waals surface area (Å²) in [4.78, 5) is 14.9. The van der Waals surface area contributed by atoms with Crippen molar-refractivity contribution < 1.29 is 23.2 Å². The highest BCUT2D eigenvalue weighted by Crippen LogP contribution is 2.28. The van der Waals surface area contributed by atoms with Crippen LogP contribution in [0.25, 0.3) is 0 Å². The molecule has 6 nitrogen and oxygen atoms in total. The number of anilines is 2. The second-order valence-electron chi connectivity index (χ2n) is 5.27. The van der Waals surface area contributed by atoms with Gasteiger partial charge in [0.05, 0.1) is 24.5 Å². The summed E-state index contributed by atoms with van der Waals surface area (Å²) in [6.07, 6.45) is -1.16. The smallest absolute Gasteiger partial charge is 0.414 e. The Morgan fingerprint density at radius 1 is 1.36 bits per heavy atom. The molecule has 0 bridgehead atoms. The Morgan fingerprint density at radius 2 is 2.09 bits per heavy atom. The van der Waals surface area contributed by atoms with Gasteiger partial charge >= 0.3 is 6.09 Å². The maximum atomic E-state index is 14.3. The van der Waals surface area contributed by atoms with Gasteiger partial charge in [-0.2, -0.15) is 0 Å². The first-order valence-corrected chi connectivity index (χ1v) is 8.56. The van der Waals surface area contributed by atoms with Gasteiger partial charge in [-0.05, 0) is 18.2 Å². The molecule has 0 saturated carbocycles. The molecule has 1 aromatic carbocycles. The lowest BCUT2D eigenvalue weighted by molar-refractivity contribution is 0.0963. The Bertz CT molecular complexity index is 603. The van der Waals surface area contributed by atoms with Gasteiger partial charge in [0.25, 0.3) is 0 Å². The van der Waals surface area contributed by atoms with Crippen molar-refractivity contribution in [3.63, 3.8) is 0 Å². The summed E-state index contributed by atoms with van der Waals surface area (Å²) < 4.78 is 30.7. The highest BCUT2D eigenvalue weighted by atomic mass is 32.2. The fraction of sp³-hybridized carbons (Fsp3) is 0.500. The first-order valence-electron chi connectivity index (χ1n) is 7.07. The van der Waals surface area contributed by atoms with Gasteiger partial charge in [0.15, 0.2) is 0 Å². The monoisotopic (exact) mass is 328 g/mol. The van der Waals surface area contributed by atoms with Crippen LogP contribution in [0.3, 0.4) is 0 Å². The van der Waals surface area contributed by atoms with Crippen molar-refractivity contribution in [2.45, 2.75) is 6.10 Å². The summed E-state index contributed by atoms with van der Waals surface area (Å²) >= 11 is 0. The SMILES string of the molecule is O=C1O[C@@H](CO)CN1c1ccc(N2CCS(=O)CC2)c(F)c1. The van der Waals surface area contributed by atoms with Crippen molar-refractivity contribution in [1.29, 1.82) is 0 Å². The van der Waals surface area contributed by atoms with Crippen molar-refractivity contribution in [3.05, 3.63) is 24.0 Å². The lowest BCUT2D eigenvalue weighted by Crippen LogP contribution is -2.38. The van der Waals surface area contributed by atoms with Crippen LogP contribution < -0.4 is 9.80 Å². The van der Waals surface area contributed by atoms with E-state index in [1.165, 1.54) is 11.0 Å². The van der Waals surface area contributed by atoms with E-state index in [2.05, 4.69) is 0 Å². The van der Waals surface area contributed by atoms with E-state index < -0.39 is 28.8 Å². The van der Waals surface area contributed by atoms with Crippen LogP contribution in [-0.4, -0.2) is 59.3 Å². The van der Waals surface area contributed by atoms with Crippen LogP contribution in [0, 0.1) is 5.82 Å². The summed E-state index contributed by atoms with van der Waals surface area (Å²) in [7, 11) is -0.815. The summed E-state index contributed by atoms with van der Waals surface area (Å²) in [5.74, 6) is 0.653. The predicted octanol–water partition coefficient (Wildman–Crippen LogP) is 0.712. The number of aliphatic hydroxyl groups excluding tert-OH is 1. The summed E-state index contributed by atoms with van der Waals surface area (Å²) in [5.41, 5.74) is 0.856. The van der Waals surface area contributed by atoms with Crippen LogP contribution in [0.4, 0.5) is 20.6 Å². The maximum Gasteiger partial charge on any atom is 0.414 e. The summed E-state index contributed by atoms with van der Waals surface area (Å²) in [6, 6.07) is 4.57. The zero-order valence-electron chi connectivity index (χ0n) is 11.9. The number of ether oxygens (including phenoxy) is 1. The number of cyclic esters (lactones) is 1. The topological polar surface area (TPSA) is 70.1 Å². The largest absolute Gasteiger partial charge is 0.441 e. The van der Waals surface area contributed by atoms with E-state index >= 15 is 0 Å². The highest BCUT2D eigenvalue weighted by Gasteiger charge is 2.32. The van der Waals surface area contributed by atoms with Crippen molar-refractivity contribution in [2.75, 3.05) is 47.5 Å². The summed E-state index contributed by atoms with van der Waals surface area (Å²) in [6.45, 7) is 1.06. The van der Waals surface area contributed by atoms with Crippen molar-refractivity contribution in [3.8, 4) is 0 Å². The van der Waals surface area contributed by atoms with Gasteiger partial charge in [0, 0.05) is 35.4 Å². The molecule has 1 N–H and O–H groups in total. The summed E-state index contributed by atoms with van der Waals surface area (Å²) in [5, 5.41) is 9.03. The Hall–Kier alpha value is -1.67. The number of benzene rings is 1. The molecule has 0 aromatic heterocycles. The Balaban J connectivity index is 1.78.